The summed E-state index contributed by atoms with van der Waals surface area (Å²) in [5.41, 5.74) is 26.4. The quantitative estimate of drug-likeness (QED) is 0.130. The second kappa shape index (κ2) is 17.1. The fourth-order valence-electron chi connectivity index (χ4n) is 12.5. The predicted molar refractivity (Wildman–Crippen MR) is 312 cm³/mol. The molecule has 0 bridgehead atoms. The molecule has 2 aliphatic carbocycles. The summed E-state index contributed by atoms with van der Waals surface area (Å²) in [6.45, 7) is 23.3. The summed E-state index contributed by atoms with van der Waals surface area (Å²) in [7, 11) is 0. The van der Waals surface area contributed by atoms with E-state index >= 15 is 0 Å². The van der Waals surface area contributed by atoms with Gasteiger partial charge in [0.15, 0.2) is 0 Å². The lowest BCUT2D eigenvalue weighted by atomic mass is 9.37. The van der Waals surface area contributed by atoms with Crippen molar-refractivity contribution in [3.05, 3.63) is 225 Å². The molecule has 348 valence electrons. The highest BCUT2D eigenvalue weighted by Crippen LogP contribution is 2.53. The number of rotatable bonds is 9. The zero-order valence-electron chi connectivity index (χ0n) is 42.4. The first kappa shape index (κ1) is 45.6. The van der Waals surface area contributed by atoms with Crippen LogP contribution in [0.2, 0.25) is 0 Å². The summed E-state index contributed by atoms with van der Waals surface area (Å²) in [6.07, 6.45) is 0. The van der Waals surface area contributed by atoms with Crippen LogP contribution in [0, 0.1) is 41.5 Å². The molecule has 0 radical (unpaired) electrons. The molecule has 0 amide bonds. The van der Waals surface area contributed by atoms with Gasteiger partial charge < -0.3 is 4.90 Å². The van der Waals surface area contributed by atoms with Crippen LogP contribution in [0.3, 0.4) is 0 Å². The lowest BCUT2D eigenvalue weighted by molar-refractivity contribution is 0.660. The second-order valence-corrected chi connectivity index (χ2v) is 24.6. The van der Waals surface area contributed by atoms with E-state index in [1.165, 1.54) is 135 Å². The van der Waals surface area contributed by atoms with Gasteiger partial charge in [0.25, 0.3) is 6.71 Å². The molecule has 0 aliphatic heterocycles. The minimum atomic E-state index is -0.102. The molecule has 12 rings (SSSR count). The van der Waals surface area contributed by atoms with Gasteiger partial charge in [0, 0.05) is 52.3 Å². The topological polar surface area (TPSA) is 3.24 Å². The summed E-state index contributed by atoms with van der Waals surface area (Å²) >= 11 is 5.74. The summed E-state index contributed by atoms with van der Waals surface area (Å²) in [4.78, 5) is 9.01. The number of thiophene rings is 3. The fourth-order valence-corrected chi connectivity index (χ4v) is 15.8. The Kier molecular flexibility index (Phi) is 11.0. The predicted octanol–water partition coefficient (Wildman–Crippen LogP) is 17.3. The van der Waals surface area contributed by atoms with Crippen molar-refractivity contribution >= 4 is 73.5 Å². The van der Waals surface area contributed by atoms with Gasteiger partial charge >= 0.3 is 0 Å². The highest BCUT2D eigenvalue weighted by Gasteiger charge is 2.38. The molecule has 1 nitrogen and oxygen atoms in total. The number of nitrogens with zero attached hydrogens (tertiary/aromatic N) is 1. The molecule has 0 saturated carbocycles. The monoisotopic (exact) mass is 971 g/mol. The summed E-state index contributed by atoms with van der Waals surface area (Å²) < 4.78 is 1.40. The number of anilines is 3. The Bertz CT molecular complexity index is 3530. The molecule has 3 aromatic heterocycles. The third kappa shape index (κ3) is 7.54. The number of hydrogen-bond acceptors (Lipinski definition) is 4. The highest BCUT2D eigenvalue weighted by molar-refractivity contribution is 7.32. The van der Waals surface area contributed by atoms with Gasteiger partial charge in [0.1, 0.15) is 0 Å². The average Bonchev–Trinajstić information content (AvgIpc) is 4.20. The Morgan fingerprint density at radius 2 is 0.732 bits per heavy atom. The maximum Gasteiger partial charge on any atom is 0.255 e. The van der Waals surface area contributed by atoms with Crippen LogP contribution in [0.25, 0.3) is 52.2 Å². The van der Waals surface area contributed by atoms with E-state index < -0.39 is 0 Å². The molecule has 10 aromatic rings. The van der Waals surface area contributed by atoms with Crippen LogP contribution in [0.5, 0.6) is 0 Å². The van der Waals surface area contributed by atoms with Gasteiger partial charge in [-0.15, -0.1) is 34.0 Å². The van der Waals surface area contributed by atoms with E-state index in [1.807, 2.05) is 34.0 Å². The van der Waals surface area contributed by atoms with E-state index in [0.29, 0.717) is 0 Å². The maximum atomic E-state index is 2.47. The molecule has 7 aromatic carbocycles. The van der Waals surface area contributed by atoms with Crippen LogP contribution in [0.4, 0.5) is 17.1 Å². The molecule has 0 fully saturated rings. The van der Waals surface area contributed by atoms with Gasteiger partial charge in [0.2, 0.25) is 0 Å². The molecule has 3 heterocycles. The highest BCUT2D eigenvalue weighted by atomic mass is 32.1. The first-order valence-corrected chi connectivity index (χ1v) is 27.5. The van der Waals surface area contributed by atoms with Crippen LogP contribution in [-0.4, -0.2) is 6.71 Å². The van der Waals surface area contributed by atoms with Crippen molar-refractivity contribution in [2.75, 3.05) is 4.90 Å². The third-order valence-electron chi connectivity index (χ3n) is 15.7. The van der Waals surface area contributed by atoms with E-state index in [2.05, 4.69) is 244 Å². The Labute approximate surface area is 433 Å². The molecule has 0 N–H and O–H groups in total. The van der Waals surface area contributed by atoms with Crippen molar-refractivity contribution in [3.63, 3.8) is 0 Å². The lowest BCUT2D eigenvalue weighted by Crippen LogP contribution is -2.54. The van der Waals surface area contributed by atoms with Gasteiger partial charge in [-0.25, -0.2) is 0 Å². The van der Waals surface area contributed by atoms with Crippen molar-refractivity contribution in [2.45, 2.75) is 80.1 Å². The number of aryl methyl sites for hydroxylation is 6. The third-order valence-corrected chi connectivity index (χ3v) is 19.5. The molecule has 71 heavy (non-hydrogen) atoms. The standard InChI is InChI=1S/C66H58BNS3/c1-39-33-41(3)63(42(4)34-39)67(64-43(5)35-40(2)36-44(64)6)62-32-31-61(71-62)60-30-29-59(70-60)58-28-27-57(69-58)45-19-21-46(22-20-45)68(47-23-25-51-49-15-11-13-17-53(49)65(7,8)55(51)37-47)48-24-26-52-50-16-12-14-18-54(50)66(9,10)56(52)38-48/h11-38H,1-10H3. The van der Waals surface area contributed by atoms with Crippen molar-refractivity contribution in [1.82, 2.24) is 0 Å². The number of hydrogen-bond donors (Lipinski definition) is 0. The van der Waals surface area contributed by atoms with E-state index in [0.717, 1.165) is 5.69 Å². The molecule has 0 atom stereocenters. The number of benzene rings is 7. The SMILES string of the molecule is Cc1cc(C)c(B(c2ccc(-c3ccc(-c4ccc(-c5ccc(N(c6ccc7c(c6)C(C)(C)c6ccccc6-7)c6ccc7c(c6)C(C)(C)c6ccccc6-7)cc5)s4)s3)s2)c2c(C)cc(C)cc2C)c(C)c1. The number of fused-ring (bicyclic) bond motifs is 6. The van der Waals surface area contributed by atoms with Crippen LogP contribution in [0.15, 0.2) is 170 Å². The van der Waals surface area contributed by atoms with E-state index in [1.54, 1.807) is 0 Å². The van der Waals surface area contributed by atoms with Crippen LogP contribution < -0.4 is 20.6 Å². The minimum absolute atomic E-state index is 0.102. The molecular weight excluding hydrogens is 914 g/mol. The van der Waals surface area contributed by atoms with Crippen molar-refractivity contribution < 1.29 is 0 Å². The summed E-state index contributed by atoms with van der Waals surface area (Å²) in [6, 6.07) is 64.8. The van der Waals surface area contributed by atoms with E-state index in [4.69, 9.17) is 0 Å². The Balaban J connectivity index is 0.864. The lowest BCUT2D eigenvalue weighted by Gasteiger charge is -2.30. The van der Waals surface area contributed by atoms with Gasteiger partial charge in [-0.3, -0.25) is 0 Å². The average molecular weight is 972 g/mol. The van der Waals surface area contributed by atoms with Crippen LogP contribution >= 0.6 is 34.0 Å². The minimum Gasteiger partial charge on any atom is -0.310 e. The summed E-state index contributed by atoms with van der Waals surface area (Å²) in [5, 5.41) is 0. The Morgan fingerprint density at radius 3 is 1.21 bits per heavy atom. The zero-order valence-corrected chi connectivity index (χ0v) is 44.9. The van der Waals surface area contributed by atoms with Crippen molar-refractivity contribution in [2.24, 2.45) is 0 Å². The molecule has 0 spiro atoms. The van der Waals surface area contributed by atoms with Gasteiger partial charge in [-0.2, -0.15) is 0 Å². The zero-order chi connectivity index (χ0) is 49.1. The van der Waals surface area contributed by atoms with Crippen molar-refractivity contribution in [1.29, 1.82) is 0 Å². The maximum absolute atomic E-state index is 2.47. The van der Waals surface area contributed by atoms with E-state index in [-0.39, 0.29) is 17.5 Å². The normalized spacial score (nSPS) is 13.7. The first-order valence-electron chi connectivity index (χ1n) is 25.0. The van der Waals surface area contributed by atoms with Gasteiger partial charge in [0.05, 0.1) is 0 Å². The van der Waals surface area contributed by atoms with Crippen LogP contribution in [-0.2, 0) is 10.8 Å². The van der Waals surface area contributed by atoms with Crippen LogP contribution in [0.1, 0.15) is 83.3 Å². The molecule has 0 saturated heterocycles. The molecule has 0 unspecified atom stereocenters. The van der Waals surface area contributed by atoms with Gasteiger partial charge in [-0.05, 0) is 163 Å². The Hall–Kier alpha value is -6.50. The molecule has 5 heteroatoms. The molecule has 2 aliphatic rings. The van der Waals surface area contributed by atoms with Gasteiger partial charge in [-0.1, -0.05) is 175 Å². The first-order chi connectivity index (χ1) is 34.1. The molecular formula is C66H58BNS3. The largest absolute Gasteiger partial charge is 0.310 e. The fraction of sp³-hybridized carbons (Fsp3) is 0.182. The Morgan fingerprint density at radius 1 is 0.352 bits per heavy atom. The smallest absolute Gasteiger partial charge is 0.255 e. The van der Waals surface area contributed by atoms with E-state index in [9.17, 15) is 0 Å². The van der Waals surface area contributed by atoms with Crippen molar-refractivity contribution in [3.8, 4) is 52.2 Å². The summed E-state index contributed by atoms with van der Waals surface area (Å²) in [5.74, 6) is 0. The second-order valence-electron chi connectivity index (χ2n) is 21.3.